The summed E-state index contributed by atoms with van der Waals surface area (Å²) in [5.74, 6) is 0.581. The third-order valence-electron chi connectivity index (χ3n) is 4.60. The molecule has 6 heteroatoms. The molecule has 3 aromatic rings. The molecule has 2 aromatic carbocycles. The van der Waals surface area contributed by atoms with Crippen LogP contribution >= 0.6 is 0 Å². The van der Waals surface area contributed by atoms with Crippen molar-refractivity contribution in [1.82, 2.24) is 14.9 Å². The van der Waals surface area contributed by atoms with Gasteiger partial charge in [-0.3, -0.25) is 9.36 Å². The van der Waals surface area contributed by atoms with Gasteiger partial charge in [-0.15, -0.1) is 0 Å². The molecule has 0 fully saturated rings. The van der Waals surface area contributed by atoms with Crippen LogP contribution < -0.4 is 15.7 Å². The molecular weight excluding hydrogens is 342 g/mol. The standard InChI is InChI=1S/C21H23N3O3/c1-13-9-14(2)24(21(26)22-13)12-20(25)23-15(3)16-5-6-18-11-19(27-4)8-7-17(18)10-16/h5-11,15H,12H2,1-4H3,(H,23,25)/t15-/m1/s1. The van der Waals surface area contributed by atoms with E-state index in [4.69, 9.17) is 4.74 Å². The average Bonchev–Trinajstić information content (AvgIpc) is 2.63. The van der Waals surface area contributed by atoms with Gasteiger partial charge < -0.3 is 10.1 Å². The number of carbonyl (C=O) groups is 1. The predicted molar refractivity (Wildman–Crippen MR) is 105 cm³/mol. The van der Waals surface area contributed by atoms with E-state index in [1.54, 1.807) is 27.0 Å². The number of nitrogens with zero attached hydrogens (tertiary/aromatic N) is 2. The molecule has 1 N–H and O–H groups in total. The number of amides is 1. The van der Waals surface area contributed by atoms with Crippen LogP contribution in [0.4, 0.5) is 0 Å². The zero-order valence-electron chi connectivity index (χ0n) is 15.9. The van der Waals surface area contributed by atoms with Crippen LogP contribution in [0.2, 0.25) is 0 Å². The summed E-state index contributed by atoms with van der Waals surface area (Å²) in [6.45, 7) is 5.43. The molecule has 0 spiro atoms. The van der Waals surface area contributed by atoms with Crippen LogP contribution in [-0.4, -0.2) is 22.6 Å². The van der Waals surface area contributed by atoms with Gasteiger partial charge in [0.05, 0.1) is 13.2 Å². The van der Waals surface area contributed by atoms with E-state index in [2.05, 4.69) is 10.3 Å². The maximum Gasteiger partial charge on any atom is 0.348 e. The number of fused-ring (bicyclic) bond motifs is 1. The summed E-state index contributed by atoms with van der Waals surface area (Å²) in [4.78, 5) is 28.3. The van der Waals surface area contributed by atoms with Crippen LogP contribution in [0, 0.1) is 13.8 Å². The number of carbonyl (C=O) groups excluding carboxylic acids is 1. The summed E-state index contributed by atoms with van der Waals surface area (Å²) in [5, 5.41) is 5.10. The number of methoxy groups -OCH3 is 1. The highest BCUT2D eigenvalue weighted by Crippen LogP contribution is 2.24. The topological polar surface area (TPSA) is 73.2 Å². The number of ether oxygens (including phenoxy) is 1. The summed E-state index contributed by atoms with van der Waals surface area (Å²) in [5.41, 5.74) is 1.95. The quantitative estimate of drug-likeness (QED) is 0.754. The van der Waals surface area contributed by atoms with Gasteiger partial charge in [0.2, 0.25) is 5.91 Å². The maximum absolute atomic E-state index is 12.4. The lowest BCUT2D eigenvalue weighted by Crippen LogP contribution is -2.35. The zero-order valence-corrected chi connectivity index (χ0v) is 15.9. The molecule has 0 saturated carbocycles. The molecule has 0 radical (unpaired) electrons. The Morgan fingerprint density at radius 2 is 1.85 bits per heavy atom. The molecule has 3 rings (SSSR count). The Labute approximate surface area is 157 Å². The fraction of sp³-hybridized carbons (Fsp3) is 0.286. The Kier molecular flexibility index (Phi) is 5.26. The molecule has 0 saturated heterocycles. The van der Waals surface area contributed by atoms with Gasteiger partial charge in [-0.2, -0.15) is 4.98 Å². The second-order valence-corrected chi connectivity index (χ2v) is 6.67. The van der Waals surface area contributed by atoms with Crippen molar-refractivity contribution >= 4 is 16.7 Å². The van der Waals surface area contributed by atoms with E-state index >= 15 is 0 Å². The third-order valence-corrected chi connectivity index (χ3v) is 4.60. The van der Waals surface area contributed by atoms with Crippen molar-refractivity contribution in [3.63, 3.8) is 0 Å². The Balaban J connectivity index is 1.75. The van der Waals surface area contributed by atoms with E-state index in [0.717, 1.165) is 27.8 Å². The molecule has 1 aromatic heterocycles. The lowest BCUT2D eigenvalue weighted by molar-refractivity contribution is -0.122. The molecule has 0 aliphatic carbocycles. The zero-order chi connectivity index (χ0) is 19.6. The summed E-state index contributed by atoms with van der Waals surface area (Å²) in [6, 6.07) is 13.5. The second kappa shape index (κ2) is 7.61. The van der Waals surface area contributed by atoms with E-state index in [9.17, 15) is 9.59 Å². The number of hydrogen-bond donors (Lipinski definition) is 1. The number of rotatable bonds is 5. The van der Waals surface area contributed by atoms with Crippen molar-refractivity contribution in [2.75, 3.05) is 7.11 Å². The number of benzene rings is 2. The number of hydrogen-bond acceptors (Lipinski definition) is 4. The molecule has 1 heterocycles. The van der Waals surface area contributed by atoms with Crippen LogP contribution in [0.15, 0.2) is 47.3 Å². The minimum atomic E-state index is -0.407. The van der Waals surface area contributed by atoms with Crippen LogP contribution in [-0.2, 0) is 11.3 Å². The van der Waals surface area contributed by atoms with Crippen molar-refractivity contribution in [2.45, 2.75) is 33.4 Å². The fourth-order valence-corrected chi connectivity index (χ4v) is 3.12. The first-order chi connectivity index (χ1) is 12.9. The SMILES string of the molecule is COc1ccc2cc([C@@H](C)NC(=O)Cn3c(C)cc(C)nc3=O)ccc2c1. The maximum atomic E-state index is 12.4. The van der Waals surface area contributed by atoms with Gasteiger partial charge >= 0.3 is 5.69 Å². The van der Waals surface area contributed by atoms with Crippen LogP contribution in [0.5, 0.6) is 5.75 Å². The first-order valence-electron chi connectivity index (χ1n) is 8.79. The van der Waals surface area contributed by atoms with Crippen molar-refractivity contribution in [3.05, 3.63) is 69.9 Å². The van der Waals surface area contributed by atoms with Gasteiger partial charge in [0.25, 0.3) is 0 Å². The van der Waals surface area contributed by atoms with Crippen molar-refractivity contribution in [2.24, 2.45) is 0 Å². The first-order valence-corrected chi connectivity index (χ1v) is 8.79. The van der Waals surface area contributed by atoms with Crippen molar-refractivity contribution in [1.29, 1.82) is 0 Å². The van der Waals surface area contributed by atoms with E-state index in [1.807, 2.05) is 43.3 Å². The number of aromatic nitrogens is 2. The molecule has 140 valence electrons. The minimum absolute atomic E-state index is 0.0485. The van der Waals surface area contributed by atoms with Gasteiger partial charge in [0.15, 0.2) is 0 Å². The van der Waals surface area contributed by atoms with Crippen molar-refractivity contribution < 1.29 is 9.53 Å². The normalized spacial score (nSPS) is 12.0. The van der Waals surface area contributed by atoms with E-state index in [1.165, 1.54) is 4.57 Å². The summed E-state index contributed by atoms with van der Waals surface area (Å²) < 4.78 is 6.62. The van der Waals surface area contributed by atoms with Gasteiger partial charge in [0.1, 0.15) is 12.3 Å². The van der Waals surface area contributed by atoms with Gasteiger partial charge in [-0.25, -0.2) is 4.79 Å². The number of nitrogens with one attached hydrogen (secondary N) is 1. The summed E-state index contributed by atoms with van der Waals surface area (Å²) >= 11 is 0. The lowest BCUT2D eigenvalue weighted by Gasteiger charge is -2.16. The highest BCUT2D eigenvalue weighted by atomic mass is 16.5. The van der Waals surface area contributed by atoms with Gasteiger partial charge in [-0.1, -0.05) is 18.2 Å². The Morgan fingerprint density at radius 3 is 2.56 bits per heavy atom. The molecule has 27 heavy (non-hydrogen) atoms. The molecule has 0 bridgehead atoms. The van der Waals surface area contributed by atoms with Crippen LogP contribution in [0.25, 0.3) is 10.8 Å². The molecular formula is C21H23N3O3. The van der Waals surface area contributed by atoms with Crippen LogP contribution in [0.3, 0.4) is 0 Å². The molecule has 0 aliphatic heterocycles. The average molecular weight is 365 g/mol. The molecule has 1 atom stereocenters. The molecule has 0 aliphatic rings. The van der Waals surface area contributed by atoms with Gasteiger partial charge in [-0.05, 0) is 61.4 Å². The smallest absolute Gasteiger partial charge is 0.348 e. The predicted octanol–water partition coefficient (Wildman–Crippen LogP) is 2.90. The van der Waals surface area contributed by atoms with Gasteiger partial charge in [0, 0.05) is 11.4 Å². The minimum Gasteiger partial charge on any atom is -0.497 e. The van der Waals surface area contributed by atoms with Crippen LogP contribution in [0.1, 0.15) is 29.9 Å². The largest absolute Gasteiger partial charge is 0.497 e. The summed E-state index contributed by atoms with van der Waals surface area (Å²) in [7, 11) is 1.64. The Morgan fingerprint density at radius 1 is 1.15 bits per heavy atom. The van der Waals surface area contributed by atoms with Crippen molar-refractivity contribution in [3.8, 4) is 5.75 Å². The highest BCUT2D eigenvalue weighted by Gasteiger charge is 2.13. The monoisotopic (exact) mass is 365 g/mol. The van der Waals surface area contributed by atoms with E-state index < -0.39 is 5.69 Å². The highest BCUT2D eigenvalue weighted by molar-refractivity contribution is 5.85. The lowest BCUT2D eigenvalue weighted by atomic mass is 10.0. The first kappa shape index (κ1) is 18.6. The fourth-order valence-electron chi connectivity index (χ4n) is 3.12. The molecule has 0 unspecified atom stereocenters. The Hall–Kier alpha value is -3.15. The van der Waals surface area contributed by atoms with E-state index in [-0.39, 0.29) is 18.5 Å². The van der Waals surface area contributed by atoms with E-state index in [0.29, 0.717) is 5.69 Å². The summed E-state index contributed by atoms with van der Waals surface area (Å²) in [6.07, 6.45) is 0. The molecule has 6 nitrogen and oxygen atoms in total. The third kappa shape index (κ3) is 4.16. The number of aryl methyl sites for hydroxylation is 2. The second-order valence-electron chi connectivity index (χ2n) is 6.67. The molecule has 1 amide bonds. The Bertz CT molecular complexity index is 1060.